The van der Waals surface area contributed by atoms with Crippen molar-refractivity contribution in [2.75, 3.05) is 38.0 Å². The maximum Gasteiger partial charge on any atom is 0.308 e. The third-order valence-corrected chi connectivity index (χ3v) is 4.48. The number of anilines is 1. The van der Waals surface area contributed by atoms with E-state index < -0.39 is 0 Å². The molecular formula is C21H25N3O3. The minimum absolute atomic E-state index is 0.0238. The Hall–Kier alpha value is -2.70. The Bertz CT molecular complexity index is 754. The normalized spacial score (nSPS) is 15.3. The molecular weight excluding hydrogens is 342 g/mol. The lowest BCUT2D eigenvalue weighted by atomic mass is 10.2. The minimum atomic E-state index is -0.310. The molecule has 1 saturated heterocycles. The SMILES string of the molecule is CC(=O)Oc1ccc(CN2CCN(CC(=O)Nc3ccccc3)CC2)cc1. The predicted octanol–water partition coefficient (Wildman–Crippen LogP) is 2.37. The van der Waals surface area contributed by atoms with Gasteiger partial charge in [-0.25, -0.2) is 0 Å². The van der Waals surface area contributed by atoms with Gasteiger partial charge in [0.15, 0.2) is 0 Å². The van der Waals surface area contributed by atoms with Gasteiger partial charge in [-0.1, -0.05) is 30.3 Å². The number of hydrogen-bond donors (Lipinski definition) is 1. The zero-order chi connectivity index (χ0) is 19.1. The van der Waals surface area contributed by atoms with Crippen LogP contribution in [0.3, 0.4) is 0 Å². The van der Waals surface area contributed by atoms with Gasteiger partial charge in [0.25, 0.3) is 0 Å². The van der Waals surface area contributed by atoms with E-state index in [1.807, 2.05) is 54.6 Å². The molecule has 0 spiro atoms. The molecule has 6 nitrogen and oxygen atoms in total. The summed E-state index contributed by atoms with van der Waals surface area (Å²) in [6, 6.07) is 17.1. The van der Waals surface area contributed by atoms with Gasteiger partial charge in [0.05, 0.1) is 6.54 Å². The number of nitrogens with zero attached hydrogens (tertiary/aromatic N) is 2. The van der Waals surface area contributed by atoms with E-state index >= 15 is 0 Å². The number of hydrogen-bond acceptors (Lipinski definition) is 5. The van der Waals surface area contributed by atoms with E-state index in [1.54, 1.807) is 0 Å². The Morgan fingerprint density at radius 3 is 2.19 bits per heavy atom. The topological polar surface area (TPSA) is 61.9 Å². The average molecular weight is 367 g/mol. The van der Waals surface area contributed by atoms with Crippen LogP contribution in [-0.4, -0.2) is 54.4 Å². The highest BCUT2D eigenvalue weighted by atomic mass is 16.5. The summed E-state index contributed by atoms with van der Waals surface area (Å²) in [5.74, 6) is 0.284. The molecule has 27 heavy (non-hydrogen) atoms. The quantitative estimate of drug-likeness (QED) is 0.627. The average Bonchev–Trinajstić information content (AvgIpc) is 2.65. The molecule has 1 amide bonds. The Morgan fingerprint density at radius 2 is 1.56 bits per heavy atom. The van der Waals surface area contributed by atoms with Crippen LogP contribution in [0.2, 0.25) is 0 Å². The molecule has 0 saturated carbocycles. The lowest BCUT2D eigenvalue weighted by molar-refractivity contribution is -0.131. The van der Waals surface area contributed by atoms with E-state index in [9.17, 15) is 9.59 Å². The van der Waals surface area contributed by atoms with Crippen molar-refractivity contribution in [2.24, 2.45) is 0 Å². The van der Waals surface area contributed by atoms with E-state index in [0.717, 1.165) is 38.4 Å². The lowest BCUT2D eigenvalue weighted by Crippen LogP contribution is -2.48. The van der Waals surface area contributed by atoms with Gasteiger partial charge in [-0.2, -0.15) is 0 Å². The van der Waals surface area contributed by atoms with Crippen molar-refractivity contribution >= 4 is 17.6 Å². The van der Waals surface area contributed by atoms with Crippen LogP contribution in [0.25, 0.3) is 0 Å². The van der Waals surface area contributed by atoms with Crippen LogP contribution in [0.4, 0.5) is 5.69 Å². The highest BCUT2D eigenvalue weighted by molar-refractivity contribution is 5.92. The number of rotatable bonds is 6. The van der Waals surface area contributed by atoms with Gasteiger partial charge < -0.3 is 10.1 Å². The van der Waals surface area contributed by atoms with Crippen LogP contribution in [0.1, 0.15) is 12.5 Å². The van der Waals surface area contributed by atoms with E-state index in [-0.39, 0.29) is 11.9 Å². The fraction of sp³-hybridized carbons (Fsp3) is 0.333. The summed E-state index contributed by atoms with van der Waals surface area (Å²) in [5.41, 5.74) is 2.01. The molecule has 1 aliphatic rings. The maximum atomic E-state index is 12.2. The van der Waals surface area contributed by atoms with Gasteiger partial charge in [0, 0.05) is 45.3 Å². The minimum Gasteiger partial charge on any atom is -0.427 e. The largest absolute Gasteiger partial charge is 0.427 e. The molecule has 0 aliphatic carbocycles. The summed E-state index contributed by atoms with van der Waals surface area (Å²) in [5, 5.41) is 2.93. The van der Waals surface area contributed by atoms with Crippen molar-refractivity contribution in [1.82, 2.24) is 9.80 Å². The Balaban J connectivity index is 1.41. The van der Waals surface area contributed by atoms with Crippen LogP contribution in [0.15, 0.2) is 54.6 Å². The smallest absolute Gasteiger partial charge is 0.308 e. The van der Waals surface area contributed by atoms with E-state index in [4.69, 9.17) is 4.74 Å². The van der Waals surface area contributed by atoms with Gasteiger partial charge in [-0.15, -0.1) is 0 Å². The van der Waals surface area contributed by atoms with Crippen molar-refractivity contribution in [1.29, 1.82) is 0 Å². The van der Waals surface area contributed by atoms with E-state index in [2.05, 4.69) is 15.1 Å². The van der Waals surface area contributed by atoms with Gasteiger partial charge in [0.1, 0.15) is 5.75 Å². The van der Waals surface area contributed by atoms with Gasteiger partial charge in [-0.3, -0.25) is 19.4 Å². The highest BCUT2D eigenvalue weighted by Crippen LogP contribution is 2.15. The third-order valence-electron chi connectivity index (χ3n) is 4.48. The van der Waals surface area contributed by atoms with Crippen molar-refractivity contribution in [3.05, 3.63) is 60.2 Å². The summed E-state index contributed by atoms with van der Waals surface area (Å²) in [7, 11) is 0. The van der Waals surface area contributed by atoms with Crippen LogP contribution in [-0.2, 0) is 16.1 Å². The molecule has 2 aromatic rings. The second-order valence-electron chi connectivity index (χ2n) is 6.70. The second-order valence-corrected chi connectivity index (χ2v) is 6.70. The Kier molecular flexibility index (Phi) is 6.57. The zero-order valence-electron chi connectivity index (χ0n) is 15.6. The Morgan fingerprint density at radius 1 is 0.926 bits per heavy atom. The van der Waals surface area contributed by atoms with Crippen LogP contribution in [0.5, 0.6) is 5.75 Å². The number of nitrogens with one attached hydrogen (secondary N) is 1. The van der Waals surface area contributed by atoms with Crippen LogP contribution >= 0.6 is 0 Å². The predicted molar refractivity (Wildman–Crippen MR) is 105 cm³/mol. The molecule has 3 rings (SSSR count). The molecule has 1 fully saturated rings. The molecule has 1 heterocycles. The monoisotopic (exact) mass is 367 g/mol. The molecule has 2 aromatic carbocycles. The number of ether oxygens (including phenoxy) is 1. The number of amides is 1. The molecule has 6 heteroatoms. The lowest BCUT2D eigenvalue weighted by Gasteiger charge is -2.34. The third kappa shape index (κ3) is 6.20. The molecule has 0 unspecified atom stereocenters. The number of piperazine rings is 1. The number of benzene rings is 2. The zero-order valence-corrected chi connectivity index (χ0v) is 15.6. The molecule has 142 valence electrons. The number of carbonyl (C=O) groups excluding carboxylic acids is 2. The van der Waals surface area contributed by atoms with E-state index in [1.165, 1.54) is 12.5 Å². The summed E-state index contributed by atoms with van der Waals surface area (Å²) < 4.78 is 5.06. The molecule has 0 aromatic heterocycles. The fourth-order valence-electron chi connectivity index (χ4n) is 3.12. The first kappa shape index (κ1) is 19.1. The summed E-state index contributed by atoms with van der Waals surface area (Å²) in [6.45, 7) is 6.24. The molecule has 1 aliphatic heterocycles. The number of para-hydroxylation sites is 1. The second kappa shape index (κ2) is 9.30. The van der Waals surface area contributed by atoms with Gasteiger partial charge in [0.2, 0.25) is 5.91 Å². The first-order valence-electron chi connectivity index (χ1n) is 9.15. The summed E-state index contributed by atoms with van der Waals surface area (Å²) in [6.07, 6.45) is 0. The van der Waals surface area contributed by atoms with Gasteiger partial charge in [-0.05, 0) is 29.8 Å². The number of esters is 1. The van der Waals surface area contributed by atoms with Crippen LogP contribution in [0, 0.1) is 0 Å². The summed E-state index contributed by atoms with van der Waals surface area (Å²) >= 11 is 0. The molecule has 0 bridgehead atoms. The first-order chi connectivity index (χ1) is 13.1. The molecule has 0 atom stereocenters. The first-order valence-corrected chi connectivity index (χ1v) is 9.15. The van der Waals surface area contributed by atoms with Gasteiger partial charge >= 0.3 is 5.97 Å². The van der Waals surface area contributed by atoms with Crippen molar-refractivity contribution in [3.8, 4) is 5.75 Å². The number of carbonyl (C=O) groups is 2. The fourth-order valence-corrected chi connectivity index (χ4v) is 3.12. The highest BCUT2D eigenvalue weighted by Gasteiger charge is 2.19. The van der Waals surface area contributed by atoms with Crippen molar-refractivity contribution < 1.29 is 14.3 Å². The maximum absolute atomic E-state index is 12.2. The van der Waals surface area contributed by atoms with Crippen molar-refractivity contribution in [2.45, 2.75) is 13.5 Å². The Labute approximate surface area is 159 Å². The molecule has 1 N–H and O–H groups in total. The standard InChI is InChI=1S/C21H25N3O3/c1-17(25)27-20-9-7-18(8-10-20)15-23-11-13-24(14-12-23)16-21(26)22-19-5-3-2-4-6-19/h2-10H,11-16H2,1H3,(H,22,26). The summed E-state index contributed by atoms with van der Waals surface area (Å²) in [4.78, 5) is 27.7. The van der Waals surface area contributed by atoms with Crippen molar-refractivity contribution in [3.63, 3.8) is 0 Å². The molecule has 0 radical (unpaired) electrons. The van der Waals surface area contributed by atoms with E-state index in [0.29, 0.717) is 12.3 Å². The van der Waals surface area contributed by atoms with Crippen LogP contribution < -0.4 is 10.1 Å².